The average Bonchev–Trinajstić information content (AvgIpc) is 3.29. The molecule has 42 heavy (non-hydrogen) atoms. The van der Waals surface area contributed by atoms with Crippen molar-refractivity contribution in [3.05, 3.63) is 117 Å². The Bertz CT molecular complexity index is 1930. The van der Waals surface area contributed by atoms with Gasteiger partial charge in [0.15, 0.2) is 0 Å². The maximum absolute atomic E-state index is 14.3. The van der Waals surface area contributed by atoms with Gasteiger partial charge >= 0.3 is 0 Å². The Morgan fingerprint density at radius 3 is 2.76 bits per heavy atom. The van der Waals surface area contributed by atoms with Crippen LogP contribution in [0.2, 0.25) is 0 Å². The summed E-state index contributed by atoms with van der Waals surface area (Å²) in [6.07, 6.45) is 21.8. The van der Waals surface area contributed by atoms with Gasteiger partial charge in [-0.2, -0.15) is 0 Å². The summed E-state index contributed by atoms with van der Waals surface area (Å²) in [5, 5.41) is 1.25. The highest BCUT2D eigenvalue weighted by Crippen LogP contribution is 2.43. The van der Waals surface area contributed by atoms with Gasteiger partial charge in [0.1, 0.15) is 11.2 Å². The SMILES string of the molecule is C=C[C@@H]1C(C)C2=C(CCCC=C2)N1c1ccc2c(=O)c3c(-n4c(C)c(/C=C\CC)c5c4CCC=C5)cccc3oc2c1. The third-order valence-corrected chi connectivity index (χ3v) is 9.38. The van der Waals surface area contributed by atoms with Crippen LogP contribution in [0.4, 0.5) is 5.69 Å². The standard InChI is InChI=1S/C38H38N2O2/c1-5-7-14-28-25(4)39(33-18-12-11-16-29(28)33)34-19-13-20-35-37(34)38(41)30-22-21-26(23-36(30)42-35)40-31(6-2)24(3)27-15-9-8-10-17-32(27)40/h6-7,9,11,13-16,19-24,31H,2,5,8,10,12,17-18H2,1,3-4H3/b14-7-/t24?,31-/m1/s1. The van der Waals surface area contributed by atoms with Gasteiger partial charge in [0.25, 0.3) is 0 Å². The summed E-state index contributed by atoms with van der Waals surface area (Å²) in [7, 11) is 0. The Kier molecular flexibility index (Phi) is 6.65. The molecule has 0 spiro atoms. The van der Waals surface area contributed by atoms with Gasteiger partial charge in [-0.05, 0) is 75.3 Å². The van der Waals surface area contributed by atoms with E-state index in [-0.39, 0.29) is 11.5 Å². The third-order valence-electron chi connectivity index (χ3n) is 9.38. The van der Waals surface area contributed by atoms with Crippen molar-refractivity contribution in [2.75, 3.05) is 4.90 Å². The van der Waals surface area contributed by atoms with Gasteiger partial charge in [-0.3, -0.25) is 4.79 Å². The number of benzene rings is 2. The quantitative estimate of drug-likeness (QED) is 0.182. The van der Waals surface area contributed by atoms with Crippen molar-refractivity contribution in [3.8, 4) is 5.69 Å². The van der Waals surface area contributed by atoms with Crippen LogP contribution < -0.4 is 10.3 Å². The Hall–Kier alpha value is -4.31. The fraction of sp³-hybridized carbons (Fsp3) is 0.289. The van der Waals surface area contributed by atoms with E-state index in [0.717, 1.165) is 55.6 Å². The number of nitrogens with zero attached hydrogens (tertiary/aromatic N) is 2. The van der Waals surface area contributed by atoms with E-state index in [0.29, 0.717) is 27.9 Å². The summed E-state index contributed by atoms with van der Waals surface area (Å²) >= 11 is 0. The minimum Gasteiger partial charge on any atom is -0.456 e. The lowest BCUT2D eigenvalue weighted by Crippen LogP contribution is -2.31. The van der Waals surface area contributed by atoms with E-state index < -0.39 is 0 Å². The second-order valence-corrected chi connectivity index (χ2v) is 11.8. The predicted molar refractivity (Wildman–Crippen MR) is 176 cm³/mol. The lowest BCUT2D eigenvalue weighted by Gasteiger charge is -2.30. The van der Waals surface area contributed by atoms with Crippen LogP contribution in [-0.2, 0) is 6.42 Å². The van der Waals surface area contributed by atoms with E-state index in [9.17, 15) is 4.79 Å². The number of hydrogen-bond acceptors (Lipinski definition) is 3. The van der Waals surface area contributed by atoms with Crippen LogP contribution in [0.25, 0.3) is 39.8 Å². The monoisotopic (exact) mass is 554 g/mol. The number of fused-ring (bicyclic) bond motifs is 3. The summed E-state index contributed by atoms with van der Waals surface area (Å²) < 4.78 is 8.87. The smallest absolute Gasteiger partial charge is 0.202 e. The third kappa shape index (κ3) is 3.99. The van der Waals surface area contributed by atoms with Crippen molar-refractivity contribution < 1.29 is 4.42 Å². The van der Waals surface area contributed by atoms with E-state index in [1.807, 2.05) is 18.2 Å². The van der Waals surface area contributed by atoms with Crippen LogP contribution in [-0.4, -0.2) is 10.6 Å². The molecule has 1 aliphatic heterocycles. The Balaban J connectivity index is 1.41. The summed E-state index contributed by atoms with van der Waals surface area (Å²) in [6.45, 7) is 10.8. The number of anilines is 1. The van der Waals surface area contributed by atoms with Crippen molar-refractivity contribution in [2.24, 2.45) is 5.92 Å². The molecule has 0 saturated carbocycles. The van der Waals surface area contributed by atoms with Crippen LogP contribution in [0, 0.1) is 12.8 Å². The molecule has 212 valence electrons. The minimum atomic E-state index is 0.0135. The van der Waals surface area contributed by atoms with E-state index in [1.54, 1.807) is 0 Å². The normalized spacial score (nSPS) is 20.1. The van der Waals surface area contributed by atoms with Gasteiger partial charge in [0, 0.05) is 45.9 Å². The Labute approximate surface area is 247 Å². The van der Waals surface area contributed by atoms with Crippen LogP contribution in [0.1, 0.15) is 68.5 Å². The molecule has 7 rings (SSSR count). The summed E-state index contributed by atoms with van der Waals surface area (Å²) in [6, 6.07) is 12.3. The maximum atomic E-state index is 14.3. The fourth-order valence-corrected chi connectivity index (χ4v) is 7.36. The first kappa shape index (κ1) is 26.6. The van der Waals surface area contributed by atoms with E-state index in [4.69, 9.17) is 4.42 Å². The van der Waals surface area contributed by atoms with Gasteiger partial charge in [0.2, 0.25) is 5.43 Å². The van der Waals surface area contributed by atoms with Crippen LogP contribution >= 0.6 is 0 Å². The molecule has 1 unspecified atom stereocenters. The van der Waals surface area contributed by atoms with Gasteiger partial charge in [-0.1, -0.05) is 62.4 Å². The van der Waals surface area contributed by atoms with E-state index in [2.05, 4.69) is 97.5 Å². The summed E-state index contributed by atoms with van der Waals surface area (Å²) in [5.74, 6) is 0.358. The molecule has 2 aromatic carbocycles. The Morgan fingerprint density at radius 2 is 1.93 bits per heavy atom. The molecule has 0 N–H and O–H groups in total. The zero-order valence-corrected chi connectivity index (χ0v) is 24.8. The maximum Gasteiger partial charge on any atom is 0.202 e. The van der Waals surface area contributed by atoms with E-state index in [1.165, 1.54) is 28.1 Å². The second kappa shape index (κ2) is 10.5. The lowest BCUT2D eigenvalue weighted by molar-refractivity contribution is 0.626. The first-order chi connectivity index (χ1) is 20.5. The van der Waals surface area contributed by atoms with Crippen LogP contribution in [0.5, 0.6) is 0 Å². The topological polar surface area (TPSA) is 38.4 Å². The van der Waals surface area contributed by atoms with Gasteiger partial charge < -0.3 is 13.9 Å². The molecule has 0 amide bonds. The highest BCUT2D eigenvalue weighted by molar-refractivity contribution is 5.96. The molecular formula is C38H38N2O2. The zero-order valence-electron chi connectivity index (χ0n) is 24.8. The van der Waals surface area contributed by atoms with Gasteiger partial charge in [-0.25, -0.2) is 0 Å². The average molecular weight is 555 g/mol. The van der Waals surface area contributed by atoms with Crippen molar-refractivity contribution in [3.63, 3.8) is 0 Å². The molecule has 4 heteroatoms. The molecule has 4 aromatic rings. The fourth-order valence-electron chi connectivity index (χ4n) is 7.36. The van der Waals surface area contributed by atoms with Crippen molar-refractivity contribution in [1.82, 2.24) is 4.57 Å². The van der Waals surface area contributed by atoms with Crippen LogP contribution in [0.3, 0.4) is 0 Å². The summed E-state index contributed by atoms with van der Waals surface area (Å²) in [4.78, 5) is 16.7. The first-order valence-corrected chi connectivity index (χ1v) is 15.4. The van der Waals surface area contributed by atoms with Gasteiger partial charge in [0.05, 0.1) is 22.5 Å². The molecule has 3 aliphatic rings. The number of hydrogen-bond donors (Lipinski definition) is 0. The van der Waals surface area contributed by atoms with Crippen LogP contribution in [0.15, 0.2) is 93.8 Å². The zero-order chi connectivity index (χ0) is 29.0. The molecule has 0 fully saturated rings. The molecule has 2 aliphatic carbocycles. The largest absolute Gasteiger partial charge is 0.456 e. The molecular weight excluding hydrogens is 516 g/mol. The molecule has 3 heterocycles. The second-order valence-electron chi connectivity index (χ2n) is 11.8. The highest BCUT2D eigenvalue weighted by Gasteiger charge is 2.36. The molecule has 4 nitrogen and oxygen atoms in total. The summed E-state index contributed by atoms with van der Waals surface area (Å²) in [5.41, 5.74) is 10.9. The van der Waals surface area contributed by atoms with Gasteiger partial charge in [-0.15, -0.1) is 6.58 Å². The van der Waals surface area contributed by atoms with Crippen molar-refractivity contribution in [2.45, 2.75) is 65.3 Å². The first-order valence-electron chi connectivity index (χ1n) is 15.4. The molecule has 0 saturated heterocycles. The highest BCUT2D eigenvalue weighted by atomic mass is 16.3. The van der Waals surface area contributed by atoms with Crippen molar-refractivity contribution in [1.29, 1.82) is 0 Å². The predicted octanol–water partition coefficient (Wildman–Crippen LogP) is 9.43. The minimum absolute atomic E-state index is 0.0135. The lowest BCUT2D eigenvalue weighted by atomic mass is 9.96. The molecule has 0 bridgehead atoms. The van der Waals surface area contributed by atoms with Crippen molar-refractivity contribution >= 4 is 39.8 Å². The number of rotatable bonds is 5. The molecule has 2 atom stereocenters. The number of allylic oxidation sites excluding steroid dienone is 5. The molecule has 0 radical (unpaired) electrons. The molecule has 2 aromatic heterocycles. The van der Waals surface area contributed by atoms with E-state index >= 15 is 0 Å². The number of aromatic nitrogens is 1. The Morgan fingerprint density at radius 1 is 1.07 bits per heavy atom.